The molecule has 0 saturated carbocycles. The van der Waals surface area contributed by atoms with Gasteiger partial charge >= 0.3 is 5.97 Å². The molecule has 3 rings (SSSR count). The van der Waals surface area contributed by atoms with Crippen LogP contribution in [0, 0.1) is 0 Å². The summed E-state index contributed by atoms with van der Waals surface area (Å²) >= 11 is 4.69. The number of benzene rings is 1. The molecule has 1 unspecified atom stereocenters. The van der Waals surface area contributed by atoms with Crippen LogP contribution in [0.25, 0.3) is 0 Å². The van der Waals surface area contributed by atoms with Gasteiger partial charge in [-0.3, -0.25) is 0 Å². The average molecular weight is 390 g/mol. The van der Waals surface area contributed by atoms with Crippen LogP contribution >= 0.6 is 12.6 Å². The van der Waals surface area contributed by atoms with Crippen LogP contribution < -0.4 is 4.74 Å². The number of hydrogen-bond acceptors (Lipinski definition) is 8. The molecule has 9 heteroatoms. The van der Waals surface area contributed by atoms with Crippen LogP contribution in [0.4, 0.5) is 0 Å². The molecule has 1 aliphatic rings. The molecule has 27 heavy (non-hydrogen) atoms. The zero-order valence-corrected chi connectivity index (χ0v) is 16.6. The molecule has 1 aromatic carbocycles. The molecule has 2 heterocycles. The van der Waals surface area contributed by atoms with E-state index in [0.29, 0.717) is 24.4 Å². The summed E-state index contributed by atoms with van der Waals surface area (Å²) in [7, 11) is 2.92. The van der Waals surface area contributed by atoms with E-state index in [1.165, 1.54) is 7.11 Å². The van der Waals surface area contributed by atoms with Crippen LogP contribution in [0.1, 0.15) is 47.3 Å². The highest BCUT2D eigenvalue weighted by atomic mass is 32.1. The Morgan fingerprint density at radius 3 is 2.59 bits per heavy atom. The fourth-order valence-corrected chi connectivity index (χ4v) is 3.24. The Bertz CT molecular complexity index is 861. The van der Waals surface area contributed by atoms with E-state index in [0.717, 1.165) is 11.3 Å². The Hall–Kier alpha value is -2.55. The predicted octanol–water partition coefficient (Wildman–Crippen LogP) is 2.65. The van der Waals surface area contributed by atoms with Gasteiger partial charge in [0.05, 0.1) is 37.4 Å². The molecule has 1 aromatic heterocycles. The molecule has 1 atom stereocenters. The molecule has 0 bridgehead atoms. The van der Waals surface area contributed by atoms with Crippen molar-refractivity contribution >= 4 is 24.3 Å². The Kier molecular flexibility index (Phi) is 5.41. The Morgan fingerprint density at radius 2 is 2.04 bits per heavy atom. The lowest BCUT2D eigenvalue weighted by atomic mass is 9.99. The molecule has 1 aliphatic heterocycles. The van der Waals surface area contributed by atoms with Crippen molar-refractivity contribution in [2.24, 2.45) is 5.16 Å². The predicted molar refractivity (Wildman–Crippen MR) is 102 cm³/mol. The lowest BCUT2D eigenvalue weighted by Crippen LogP contribution is -2.22. The summed E-state index contributed by atoms with van der Waals surface area (Å²) < 4.78 is 11.7. The van der Waals surface area contributed by atoms with Gasteiger partial charge in [0.2, 0.25) is 0 Å². The van der Waals surface area contributed by atoms with E-state index in [1.807, 2.05) is 38.1 Å². The quantitative estimate of drug-likeness (QED) is 0.603. The van der Waals surface area contributed by atoms with Gasteiger partial charge in [-0.25, -0.2) is 9.48 Å². The fraction of sp³-hybridized carbons (Fsp3) is 0.444. The van der Waals surface area contributed by atoms with E-state index in [9.17, 15) is 4.79 Å². The number of ether oxygens (including phenoxy) is 2. The van der Waals surface area contributed by atoms with E-state index in [4.69, 9.17) is 14.3 Å². The van der Waals surface area contributed by atoms with E-state index in [1.54, 1.807) is 11.8 Å². The van der Waals surface area contributed by atoms with E-state index in [2.05, 4.69) is 28.1 Å². The summed E-state index contributed by atoms with van der Waals surface area (Å²) in [4.78, 5) is 17.6. The summed E-state index contributed by atoms with van der Waals surface area (Å²) in [5.41, 5.74) is 1.94. The van der Waals surface area contributed by atoms with Crippen LogP contribution in [0.5, 0.6) is 5.75 Å². The number of oxime groups is 1. The second-order valence-corrected chi connectivity index (χ2v) is 7.35. The van der Waals surface area contributed by atoms with Crippen molar-refractivity contribution in [3.05, 3.63) is 41.2 Å². The second kappa shape index (κ2) is 7.59. The van der Waals surface area contributed by atoms with Crippen LogP contribution in [-0.2, 0) is 16.1 Å². The van der Waals surface area contributed by atoms with Gasteiger partial charge in [0.25, 0.3) is 0 Å². The first-order valence-electron chi connectivity index (χ1n) is 8.42. The van der Waals surface area contributed by atoms with Gasteiger partial charge in [-0.15, -0.1) is 5.10 Å². The number of carbonyl (C=O) groups is 1. The van der Waals surface area contributed by atoms with Gasteiger partial charge in [-0.05, 0) is 31.5 Å². The fourth-order valence-electron chi connectivity index (χ4n) is 2.84. The first kappa shape index (κ1) is 19.2. The number of methoxy groups -OCH3 is 2. The summed E-state index contributed by atoms with van der Waals surface area (Å²) in [6.45, 7) is 4.30. The standard InChI is InChI=1S/C18H22N4O4S/c1-18(2)9-13(20-26-18)16(27)15-14(17(23)25-4)19-21-22(15)10-11-5-7-12(24-3)8-6-11/h5-8,16,27H,9-10H2,1-4H3. The summed E-state index contributed by atoms with van der Waals surface area (Å²) in [5.74, 6) is 0.198. The van der Waals surface area contributed by atoms with Crippen LogP contribution in [0.3, 0.4) is 0 Å². The van der Waals surface area contributed by atoms with Crippen molar-refractivity contribution in [3.63, 3.8) is 0 Å². The SMILES string of the molecule is COC(=O)c1nnn(Cc2ccc(OC)cc2)c1C(S)C1=NOC(C)(C)C1. The van der Waals surface area contributed by atoms with Gasteiger partial charge in [-0.2, -0.15) is 12.6 Å². The van der Waals surface area contributed by atoms with Crippen molar-refractivity contribution < 1.29 is 19.1 Å². The van der Waals surface area contributed by atoms with Gasteiger partial charge in [-0.1, -0.05) is 22.5 Å². The number of thiol groups is 1. The first-order chi connectivity index (χ1) is 12.8. The molecule has 0 aliphatic carbocycles. The van der Waals surface area contributed by atoms with Crippen molar-refractivity contribution in [2.75, 3.05) is 14.2 Å². The number of aromatic nitrogens is 3. The molecule has 0 saturated heterocycles. The summed E-state index contributed by atoms with van der Waals surface area (Å²) in [6.07, 6.45) is 0.593. The lowest BCUT2D eigenvalue weighted by Gasteiger charge is -2.16. The highest BCUT2D eigenvalue weighted by molar-refractivity contribution is 7.81. The molecule has 8 nitrogen and oxygen atoms in total. The molecular formula is C18H22N4O4S. The monoisotopic (exact) mass is 390 g/mol. The molecule has 0 fully saturated rings. The molecule has 0 amide bonds. The van der Waals surface area contributed by atoms with Crippen molar-refractivity contribution in [1.82, 2.24) is 15.0 Å². The smallest absolute Gasteiger partial charge is 0.360 e. The minimum absolute atomic E-state index is 0.124. The molecular weight excluding hydrogens is 368 g/mol. The molecule has 0 radical (unpaired) electrons. The highest BCUT2D eigenvalue weighted by Gasteiger charge is 2.36. The van der Waals surface area contributed by atoms with Gasteiger partial charge in [0.15, 0.2) is 5.69 Å². The van der Waals surface area contributed by atoms with Crippen LogP contribution in [0.2, 0.25) is 0 Å². The van der Waals surface area contributed by atoms with Crippen LogP contribution in [0.15, 0.2) is 29.4 Å². The first-order valence-corrected chi connectivity index (χ1v) is 8.94. The third-order valence-corrected chi connectivity index (χ3v) is 4.78. The third-order valence-electron chi connectivity index (χ3n) is 4.24. The Morgan fingerprint density at radius 1 is 1.33 bits per heavy atom. The molecule has 2 aromatic rings. The number of carbonyl (C=O) groups excluding carboxylic acids is 1. The maximum absolute atomic E-state index is 12.2. The Balaban J connectivity index is 1.94. The number of nitrogens with zero attached hydrogens (tertiary/aromatic N) is 4. The normalized spacial score (nSPS) is 16.4. The van der Waals surface area contributed by atoms with E-state index in [-0.39, 0.29) is 5.69 Å². The number of rotatable bonds is 6. The van der Waals surface area contributed by atoms with Crippen molar-refractivity contribution in [1.29, 1.82) is 0 Å². The van der Waals surface area contributed by atoms with Crippen molar-refractivity contribution in [2.45, 2.75) is 37.7 Å². The van der Waals surface area contributed by atoms with E-state index < -0.39 is 16.8 Å². The minimum atomic E-state index is -0.566. The molecule has 144 valence electrons. The zero-order chi connectivity index (χ0) is 19.6. The topological polar surface area (TPSA) is 87.8 Å². The van der Waals surface area contributed by atoms with Gasteiger partial charge in [0.1, 0.15) is 11.4 Å². The average Bonchev–Trinajstić information content (AvgIpc) is 3.24. The van der Waals surface area contributed by atoms with Crippen LogP contribution in [-0.4, -0.2) is 46.5 Å². The maximum Gasteiger partial charge on any atom is 0.360 e. The minimum Gasteiger partial charge on any atom is -0.497 e. The highest BCUT2D eigenvalue weighted by Crippen LogP contribution is 2.34. The summed E-state index contributed by atoms with van der Waals surface area (Å²) in [6, 6.07) is 7.58. The maximum atomic E-state index is 12.2. The zero-order valence-electron chi connectivity index (χ0n) is 15.7. The van der Waals surface area contributed by atoms with Gasteiger partial charge in [0, 0.05) is 6.42 Å². The number of esters is 1. The molecule has 0 N–H and O–H groups in total. The van der Waals surface area contributed by atoms with Gasteiger partial charge < -0.3 is 14.3 Å². The van der Waals surface area contributed by atoms with E-state index >= 15 is 0 Å². The number of hydrogen-bond donors (Lipinski definition) is 1. The van der Waals surface area contributed by atoms with Crippen molar-refractivity contribution in [3.8, 4) is 5.75 Å². The summed E-state index contributed by atoms with van der Waals surface area (Å²) in [5, 5.41) is 11.8. The lowest BCUT2D eigenvalue weighted by molar-refractivity contribution is 0.0123. The largest absolute Gasteiger partial charge is 0.497 e. The Labute approximate surface area is 162 Å². The second-order valence-electron chi connectivity index (χ2n) is 6.83. The third kappa shape index (κ3) is 4.08. The molecule has 0 spiro atoms.